The fourth-order valence-electron chi connectivity index (χ4n) is 1.67. The third-order valence-corrected chi connectivity index (χ3v) is 2.78. The molecular formula is C13H17N5O. The van der Waals surface area contributed by atoms with Gasteiger partial charge in [-0.15, -0.1) is 0 Å². The highest BCUT2D eigenvalue weighted by atomic mass is 16.2. The van der Waals surface area contributed by atoms with Crippen molar-refractivity contribution >= 4 is 11.9 Å². The van der Waals surface area contributed by atoms with Crippen molar-refractivity contribution in [3.63, 3.8) is 0 Å². The summed E-state index contributed by atoms with van der Waals surface area (Å²) in [7, 11) is 1.73. The maximum atomic E-state index is 12.0. The van der Waals surface area contributed by atoms with Crippen LogP contribution in [0.25, 0.3) is 0 Å². The summed E-state index contributed by atoms with van der Waals surface area (Å²) in [5, 5.41) is 6.75. The molecule has 0 atom stereocenters. The second-order valence-electron chi connectivity index (χ2n) is 4.69. The average molecular weight is 259 g/mol. The van der Waals surface area contributed by atoms with Gasteiger partial charge in [-0.05, 0) is 24.5 Å². The molecule has 0 aliphatic carbocycles. The number of hydrogen-bond acceptors (Lipinski definition) is 4. The van der Waals surface area contributed by atoms with Crippen LogP contribution in [0.2, 0.25) is 0 Å². The molecule has 0 unspecified atom stereocenters. The van der Waals surface area contributed by atoms with Crippen LogP contribution in [0.4, 0.5) is 5.95 Å². The normalized spacial score (nSPS) is 10.8. The summed E-state index contributed by atoms with van der Waals surface area (Å²) in [5.41, 5.74) is 1.47. The number of aromatic nitrogens is 4. The fraction of sp³-hybridized carbons (Fsp3) is 0.385. The lowest BCUT2D eigenvalue weighted by Crippen LogP contribution is -2.16. The van der Waals surface area contributed by atoms with E-state index >= 15 is 0 Å². The van der Waals surface area contributed by atoms with Gasteiger partial charge in [-0.3, -0.25) is 15.1 Å². The minimum Gasteiger partial charge on any atom is -0.289 e. The van der Waals surface area contributed by atoms with Crippen molar-refractivity contribution in [1.82, 2.24) is 19.7 Å². The number of hydrogen-bond donors (Lipinski definition) is 1. The van der Waals surface area contributed by atoms with Crippen LogP contribution in [0, 0.1) is 6.92 Å². The molecule has 2 heterocycles. The van der Waals surface area contributed by atoms with Gasteiger partial charge in [-0.1, -0.05) is 19.9 Å². The second-order valence-corrected chi connectivity index (χ2v) is 4.69. The number of pyridine rings is 1. The first-order valence-electron chi connectivity index (χ1n) is 6.12. The molecule has 1 amide bonds. The van der Waals surface area contributed by atoms with Crippen molar-refractivity contribution in [2.75, 3.05) is 5.32 Å². The highest BCUT2D eigenvalue weighted by molar-refractivity contribution is 6.01. The van der Waals surface area contributed by atoms with Crippen molar-refractivity contribution in [1.29, 1.82) is 0 Å². The van der Waals surface area contributed by atoms with Gasteiger partial charge in [0.15, 0.2) is 0 Å². The van der Waals surface area contributed by atoms with Crippen LogP contribution in [-0.4, -0.2) is 25.7 Å². The number of carbonyl (C=O) groups excluding carboxylic acids is 1. The summed E-state index contributed by atoms with van der Waals surface area (Å²) in [4.78, 5) is 20.3. The first kappa shape index (κ1) is 13.2. The Balaban J connectivity index is 2.14. The summed E-state index contributed by atoms with van der Waals surface area (Å²) in [6.07, 6.45) is 1.72. The zero-order valence-corrected chi connectivity index (χ0v) is 11.5. The summed E-state index contributed by atoms with van der Waals surface area (Å²) in [6.45, 7) is 5.93. The van der Waals surface area contributed by atoms with Crippen molar-refractivity contribution < 1.29 is 4.79 Å². The number of nitrogens with zero attached hydrogens (tertiary/aromatic N) is 4. The van der Waals surface area contributed by atoms with E-state index in [0.29, 0.717) is 23.4 Å². The van der Waals surface area contributed by atoms with Crippen LogP contribution in [0.1, 0.15) is 41.6 Å². The lowest BCUT2D eigenvalue weighted by molar-refractivity contribution is 0.102. The molecule has 2 aromatic rings. The number of nitrogens with one attached hydrogen (secondary N) is 1. The van der Waals surface area contributed by atoms with E-state index in [1.165, 1.54) is 4.68 Å². The van der Waals surface area contributed by atoms with Crippen LogP contribution in [0.3, 0.4) is 0 Å². The molecule has 0 aromatic carbocycles. The van der Waals surface area contributed by atoms with Gasteiger partial charge in [0.2, 0.25) is 5.95 Å². The topological polar surface area (TPSA) is 72.7 Å². The number of amides is 1. The zero-order chi connectivity index (χ0) is 14.0. The highest BCUT2D eigenvalue weighted by Gasteiger charge is 2.12. The van der Waals surface area contributed by atoms with Crippen LogP contribution < -0.4 is 5.32 Å². The van der Waals surface area contributed by atoms with E-state index in [1.807, 2.05) is 6.07 Å². The summed E-state index contributed by atoms with van der Waals surface area (Å²) in [5.74, 6) is 1.13. The fourth-order valence-corrected chi connectivity index (χ4v) is 1.67. The molecule has 0 aliphatic heterocycles. The Morgan fingerprint density at radius 1 is 1.37 bits per heavy atom. The SMILES string of the molecule is Cc1nc(NC(=O)c2ccc(C(C)C)cn2)n(C)n1. The third-order valence-electron chi connectivity index (χ3n) is 2.78. The summed E-state index contributed by atoms with van der Waals surface area (Å²) < 4.78 is 1.52. The molecule has 100 valence electrons. The standard InChI is InChI=1S/C13H17N5O/c1-8(2)10-5-6-11(14-7-10)12(19)16-13-15-9(3)17-18(13)4/h5-8H,1-4H3,(H,15,16,17,19). The summed E-state index contributed by atoms with van der Waals surface area (Å²) >= 11 is 0. The van der Waals surface area contributed by atoms with E-state index in [9.17, 15) is 4.79 Å². The minimum absolute atomic E-state index is 0.286. The minimum atomic E-state index is -0.286. The van der Waals surface area contributed by atoms with Gasteiger partial charge in [0.25, 0.3) is 5.91 Å². The Morgan fingerprint density at radius 3 is 2.58 bits per heavy atom. The van der Waals surface area contributed by atoms with E-state index in [4.69, 9.17) is 0 Å². The Hall–Kier alpha value is -2.24. The van der Waals surface area contributed by atoms with E-state index in [0.717, 1.165) is 5.56 Å². The molecule has 0 aliphatic rings. The Bertz CT molecular complexity index is 586. The van der Waals surface area contributed by atoms with Crippen molar-refractivity contribution in [2.45, 2.75) is 26.7 Å². The predicted octanol–water partition coefficient (Wildman–Crippen LogP) is 1.89. The van der Waals surface area contributed by atoms with E-state index in [2.05, 4.69) is 34.2 Å². The third kappa shape index (κ3) is 2.96. The molecule has 0 saturated carbocycles. The van der Waals surface area contributed by atoms with Crippen LogP contribution in [0.5, 0.6) is 0 Å². The molecule has 2 aromatic heterocycles. The highest BCUT2D eigenvalue weighted by Crippen LogP contribution is 2.13. The lowest BCUT2D eigenvalue weighted by Gasteiger charge is -2.06. The predicted molar refractivity (Wildman–Crippen MR) is 72.0 cm³/mol. The van der Waals surface area contributed by atoms with Gasteiger partial charge >= 0.3 is 0 Å². The molecule has 1 N–H and O–H groups in total. The molecule has 6 nitrogen and oxygen atoms in total. The molecule has 0 spiro atoms. The van der Waals surface area contributed by atoms with Gasteiger partial charge in [-0.25, -0.2) is 4.68 Å². The van der Waals surface area contributed by atoms with Crippen molar-refractivity contribution in [3.05, 3.63) is 35.4 Å². The Labute approximate surface area is 111 Å². The molecule has 0 bridgehead atoms. The summed E-state index contributed by atoms with van der Waals surface area (Å²) in [6, 6.07) is 3.63. The van der Waals surface area contributed by atoms with Crippen LogP contribution in [0.15, 0.2) is 18.3 Å². The molecular weight excluding hydrogens is 242 g/mol. The monoisotopic (exact) mass is 259 g/mol. The maximum absolute atomic E-state index is 12.0. The van der Waals surface area contributed by atoms with Crippen molar-refractivity contribution in [3.8, 4) is 0 Å². The molecule has 0 fully saturated rings. The van der Waals surface area contributed by atoms with Gasteiger partial charge in [0, 0.05) is 13.2 Å². The largest absolute Gasteiger partial charge is 0.289 e. The molecule has 0 radical (unpaired) electrons. The Morgan fingerprint density at radius 2 is 2.11 bits per heavy atom. The smallest absolute Gasteiger partial charge is 0.276 e. The quantitative estimate of drug-likeness (QED) is 0.913. The number of anilines is 1. The molecule has 0 saturated heterocycles. The van der Waals surface area contributed by atoms with E-state index in [1.54, 1.807) is 26.2 Å². The molecule has 2 rings (SSSR count). The molecule has 6 heteroatoms. The lowest BCUT2D eigenvalue weighted by atomic mass is 10.1. The number of carbonyl (C=O) groups is 1. The van der Waals surface area contributed by atoms with Gasteiger partial charge in [0.1, 0.15) is 11.5 Å². The maximum Gasteiger partial charge on any atom is 0.276 e. The van der Waals surface area contributed by atoms with Gasteiger partial charge in [0.05, 0.1) is 0 Å². The van der Waals surface area contributed by atoms with Gasteiger partial charge < -0.3 is 0 Å². The van der Waals surface area contributed by atoms with Crippen LogP contribution >= 0.6 is 0 Å². The Kier molecular flexibility index (Phi) is 3.59. The number of aryl methyl sites for hydroxylation is 2. The average Bonchev–Trinajstić information content (AvgIpc) is 2.68. The zero-order valence-electron chi connectivity index (χ0n) is 11.5. The van der Waals surface area contributed by atoms with Crippen LogP contribution in [-0.2, 0) is 7.05 Å². The van der Waals surface area contributed by atoms with E-state index in [-0.39, 0.29) is 5.91 Å². The second kappa shape index (κ2) is 5.17. The number of rotatable bonds is 3. The van der Waals surface area contributed by atoms with Crippen molar-refractivity contribution in [2.24, 2.45) is 7.05 Å². The first-order valence-corrected chi connectivity index (χ1v) is 6.12. The first-order chi connectivity index (χ1) is 8.97. The molecule has 19 heavy (non-hydrogen) atoms. The van der Waals surface area contributed by atoms with E-state index < -0.39 is 0 Å². The van der Waals surface area contributed by atoms with Gasteiger partial charge in [-0.2, -0.15) is 10.1 Å².